The van der Waals surface area contributed by atoms with E-state index in [1.807, 2.05) is 24.3 Å². The summed E-state index contributed by atoms with van der Waals surface area (Å²) in [6, 6.07) is 8.69. The minimum atomic E-state index is -0.226. The summed E-state index contributed by atoms with van der Waals surface area (Å²) >= 11 is 0. The van der Waals surface area contributed by atoms with Gasteiger partial charge in [-0.05, 0) is 11.1 Å². The first kappa shape index (κ1) is 11.3. The van der Waals surface area contributed by atoms with Crippen LogP contribution in [0.3, 0.4) is 0 Å². The number of nitrogens with zero attached hydrogens (tertiary/aromatic N) is 2. The van der Waals surface area contributed by atoms with Crippen molar-refractivity contribution < 1.29 is 5.11 Å². The van der Waals surface area contributed by atoms with Gasteiger partial charge in [0.05, 0.1) is 25.0 Å². The fourth-order valence-corrected chi connectivity index (χ4v) is 1.49. The zero-order valence-electron chi connectivity index (χ0n) is 9.21. The van der Waals surface area contributed by atoms with Crippen LogP contribution >= 0.6 is 0 Å². The molecule has 5 nitrogen and oxygen atoms in total. The van der Waals surface area contributed by atoms with Crippen molar-refractivity contribution in [2.24, 2.45) is 0 Å². The highest BCUT2D eigenvalue weighted by atomic mass is 16.3. The van der Waals surface area contributed by atoms with E-state index in [1.165, 1.54) is 16.9 Å². The molecule has 5 heteroatoms. The smallest absolute Gasteiger partial charge is 0.269 e. The molecule has 17 heavy (non-hydrogen) atoms. The number of nitrogens with two attached hydrogens (primary N) is 1. The van der Waals surface area contributed by atoms with E-state index in [2.05, 4.69) is 5.10 Å². The van der Waals surface area contributed by atoms with Gasteiger partial charge in [0.15, 0.2) is 0 Å². The Hall–Kier alpha value is -2.14. The van der Waals surface area contributed by atoms with Gasteiger partial charge < -0.3 is 10.8 Å². The van der Waals surface area contributed by atoms with Crippen LogP contribution in [0.2, 0.25) is 0 Å². The number of rotatable bonds is 3. The maximum atomic E-state index is 11.5. The SMILES string of the molecule is Nc1cnn(Cc2ccc(CO)cc2)c(=O)c1. The van der Waals surface area contributed by atoms with Crippen LogP contribution in [-0.4, -0.2) is 14.9 Å². The Balaban J connectivity index is 2.22. The maximum Gasteiger partial charge on any atom is 0.269 e. The number of benzene rings is 1. The van der Waals surface area contributed by atoms with Gasteiger partial charge in [-0.3, -0.25) is 4.79 Å². The summed E-state index contributed by atoms with van der Waals surface area (Å²) in [5, 5.41) is 12.9. The summed E-state index contributed by atoms with van der Waals surface area (Å²) in [4.78, 5) is 11.5. The lowest BCUT2D eigenvalue weighted by molar-refractivity contribution is 0.282. The van der Waals surface area contributed by atoms with Crippen molar-refractivity contribution in [3.8, 4) is 0 Å². The molecule has 0 unspecified atom stereocenters. The molecule has 3 N–H and O–H groups in total. The molecule has 0 radical (unpaired) electrons. The molecule has 0 atom stereocenters. The second-order valence-corrected chi connectivity index (χ2v) is 3.76. The molecule has 0 aliphatic rings. The molecule has 0 fully saturated rings. The molecule has 1 heterocycles. The van der Waals surface area contributed by atoms with Crippen molar-refractivity contribution in [2.75, 3.05) is 5.73 Å². The number of nitrogen functional groups attached to an aromatic ring is 1. The predicted molar refractivity (Wildman–Crippen MR) is 64.4 cm³/mol. The van der Waals surface area contributed by atoms with E-state index < -0.39 is 0 Å². The molecule has 0 saturated heterocycles. The molecule has 0 amide bonds. The van der Waals surface area contributed by atoms with Crippen LogP contribution in [0.15, 0.2) is 41.3 Å². The normalized spacial score (nSPS) is 10.4. The number of anilines is 1. The van der Waals surface area contributed by atoms with Gasteiger partial charge in [0.2, 0.25) is 0 Å². The maximum absolute atomic E-state index is 11.5. The average molecular weight is 231 g/mol. The third kappa shape index (κ3) is 2.70. The number of aromatic nitrogens is 2. The van der Waals surface area contributed by atoms with Gasteiger partial charge in [-0.15, -0.1) is 0 Å². The van der Waals surface area contributed by atoms with Crippen LogP contribution in [0.4, 0.5) is 5.69 Å². The van der Waals surface area contributed by atoms with Gasteiger partial charge in [0.1, 0.15) is 0 Å². The van der Waals surface area contributed by atoms with Gasteiger partial charge >= 0.3 is 0 Å². The highest BCUT2D eigenvalue weighted by Gasteiger charge is 2.00. The Morgan fingerprint density at radius 2 is 1.88 bits per heavy atom. The molecule has 1 aromatic heterocycles. The van der Waals surface area contributed by atoms with Gasteiger partial charge in [-0.25, -0.2) is 4.68 Å². The third-order valence-corrected chi connectivity index (χ3v) is 2.43. The van der Waals surface area contributed by atoms with Crippen molar-refractivity contribution >= 4 is 5.69 Å². The van der Waals surface area contributed by atoms with Crippen LogP contribution in [0.25, 0.3) is 0 Å². The Labute approximate surface area is 98.1 Å². The highest BCUT2D eigenvalue weighted by Crippen LogP contribution is 2.05. The first-order valence-corrected chi connectivity index (χ1v) is 5.20. The minimum absolute atomic E-state index is 0.0142. The average Bonchev–Trinajstić information content (AvgIpc) is 2.34. The highest BCUT2D eigenvalue weighted by molar-refractivity contribution is 5.31. The topological polar surface area (TPSA) is 81.1 Å². The minimum Gasteiger partial charge on any atom is -0.397 e. The molecule has 0 saturated carbocycles. The monoisotopic (exact) mass is 231 g/mol. The number of hydrogen-bond donors (Lipinski definition) is 2. The summed E-state index contributed by atoms with van der Waals surface area (Å²) in [6.45, 7) is 0.408. The lowest BCUT2D eigenvalue weighted by Crippen LogP contribution is -2.22. The first-order chi connectivity index (χ1) is 8.19. The van der Waals surface area contributed by atoms with E-state index in [0.29, 0.717) is 12.2 Å². The summed E-state index contributed by atoms with van der Waals surface area (Å²) in [5.74, 6) is 0. The Kier molecular flexibility index (Phi) is 3.20. The molecule has 0 bridgehead atoms. The van der Waals surface area contributed by atoms with Gasteiger partial charge in [0, 0.05) is 6.07 Å². The lowest BCUT2D eigenvalue weighted by atomic mass is 10.1. The number of aliphatic hydroxyl groups excluding tert-OH is 1. The lowest BCUT2D eigenvalue weighted by Gasteiger charge is -2.05. The molecule has 2 rings (SSSR count). The van der Waals surface area contributed by atoms with E-state index in [0.717, 1.165) is 11.1 Å². The summed E-state index contributed by atoms with van der Waals surface area (Å²) in [7, 11) is 0. The number of hydrogen-bond acceptors (Lipinski definition) is 4. The molecule has 1 aromatic carbocycles. The molecule has 88 valence electrons. The molecule has 0 spiro atoms. The Morgan fingerprint density at radius 3 is 2.47 bits per heavy atom. The zero-order valence-corrected chi connectivity index (χ0v) is 9.21. The van der Waals surface area contributed by atoms with Gasteiger partial charge in [0.25, 0.3) is 5.56 Å². The van der Waals surface area contributed by atoms with Crippen LogP contribution in [0.5, 0.6) is 0 Å². The van der Waals surface area contributed by atoms with Crippen molar-refractivity contribution in [1.29, 1.82) is 0 Å². The van der Waals surface area contributed by atoms with E-state index in [1.54, 1.807) is 0 Å². The van der Waals surface area contributed by atoms with Crippen LogP contribution in [0.1, 0.15) is 11.1 Å². The van der Waals surface area contributed by atoms with Gasteiger partial charge in [-0.2, -0.15) is 5.10 Å². The molecule has 2 aromatic rings. The zero-order chi connectivity index (χ0) is 12.3. The quantitative estimate of drug-likeness (QED) is 0.799. The standard InChI is InChI=1S/C12H13N3O2/c13-11-5-12(17)15(14-6-11)7-9-1-3-10(8-16)4-2-9/h1-6,16H,7-8,13H2. The van der Waals surface area contributed by atoms with Gasteiger partial charge in [-0.1, -0.05) is 24.3 Å². The van der Waals surface area contributed by atoms with E-state index in [4.69, 9.17) is 10.8 Å². The predicted octanol–water partition coefficient (Wildman–Crippen LogP) is 0.366. The molecule has 0 aliphatic carbocycles. The number of aliphatic hydroxyl groups is 1. The second-order valence-electron chi connectivity index (χ2n) is 3.76. The van der Waals surface area contributed by atoms with Crippen LogP contribution in [0, 0.1) is 0 Å². The van der Waals surface area contributed by atoms with Crippen molar-refractivity contribution in [1.82, 2.24) is 9.78 Å². The van der Waals surface area contributed by atoms with E-state index in [-0.39, 0.29) is 12.2 Å². The third-order valence-electron chi connectivity index (χ3n) is 2.43. The Morgan fingerprint density at radius 1 is 1.24 bits per heavy atom. The second kappa shape index (κ2) is 4.80. The largest absolute Gasteiger partial charge is 0.397 e. The molecular formula is C12H13N3O2. The molecule has 0 aliphatic heterocycles. The summed E-state index contributed by atoms with van der Waals surface area (Å²) in [5.41, 5.74) is 7.38. The first-order valence-electron chi connectivity index (χ1n) is 5.20. The van der Waals surface area contributed by atoms with E-state index in [9.17, 15) is 4.79 Å². The van der Waals surface area contributed by atoms with Crippen molar-refractivity contribution in [2.45, 2.75) is 13.2 Å². The fourth-order valence-electron chi connectivity index (χ4n) is 1.49. The van der Waals surface area contributed by atoms with Crippen LogP contribution in [-0.2, 0) is 13.2 Å². The van der Waals surface area contributed by atoms with Crippen LogP contribution < -0.4 is 11.3 Å². The molecular weight excluding hydrogens is 218 g/mol. The van der Waals surface area contributed by atoms with Crippen molar-refractivity contribution in [3.05, 3.63) is 58.0 Å². The van der Waals surface area contributed by atoms with Crippen molar-refractivity contribution in [3.63, 3.8) is 0 Å². The summed E-state index contributed by atoms with van der Waals surface area (Å²) < 4.78 is 1.34. The Bertz CT molecular complexity index is 561. The summed E-state index contributed by atoms with van der Waals surface area (Å²) in [6.07, 6.45) is 1.45. The fraction of sp³-hybridized carbons (Fsp3) is 0.167. The van der Waals surface area contributed by atoms with E-state index >= 15 is 0 Å².